The Hall–Kier alpha value is -2.57. The number of hydrogen-bond donors (Lipinski definition) is 2. The molecule has 25 heavy (non-hydrogen) atoms. The Labute approximate surface area is 146 Å². The molecular formula is C19H22N2O4. The molecule has 0 atom stereocenters. The van der Waals surface area contributed by atoms with Crippen LogP contribution in [0, 0.1) is 0 Å². The summed E-state index contributed by atoms with van der Waals surface area (Å²) >= 11 is 0. The minimum absolute atomic E-state index is 0.339. The quantitative estimate of drug-likeness (QED) is 0.808. The average molecular weight is 342 g/mol. The first kappa shape index (κ1) is 17.3. The number of nitrogens with two attached hydrogens (primary N) is 1. The first-order valence-corrected chi connectivity index (χ1v) is 8.32. The Morgan fingerprint density at radius 1 is 1.16 bits per heavy atom. The molecule has 0 saturated carbocycles. The van der Waals surface area contributed by atoms with E-state index in [1.54, 1.807) is 0 Å². The largest absolute Gasteiger partial charge is 0.493 e. The third-order valence-electron chi connectivity index (χ3n) is 3.82. The van der Waals surface area contributed by atoms with Gasteiger partial charge in [0.1, 0.15) is 5.75 Å². The lowest BCUT2D eigenvalue weighted by molar-refractivity contribution is -0.397. The van der Waals surface area contributed by atoms with Gasteiger partial charge in [0.25, 0.3) is 0 Å². The molecule has 0 spiro atoms. The maximum Gasteiger partial charge on any atom is 0.312 e. The molecule has 6 heteroatoms. The molecule has 0 bridgehead atoms. The summed E-state index contributed by atoms with van der Waals surface area (Å²) in [5, 5.41) is 2.58. The highest BCUT2D eigenvalue weighted by atomic mass is 16.9. The van der Waals surface area contributed by atoms with Gasteiger partial charge in [0.15, 0.2) is 12.6 Å². The smallest absolute Gasteiger partial charge is 0.312 e. The van der Waals surface area contributed by atoms with Crippen LogP contribution in [0.25, 0.3) is 0 Å². The highest BCUT2D eigenvalue weighted by Gasteiger charge is 2.35. The fraction of sp³-hybridized carbons (Fsp3) is 0.316. The molecule has 0 radical (unpaired) electrons. The van der Waals surface area contributed by atoms with Crippen LogP contribution in [0.1, 0.15) is 42.6 Å². The Morgan fingerprint density at radius 3 is 2.60 bits per heavy atom. The fourth-order valence-electron chi connectivity index (χ4n) is 2.57. The number of benzene rings is 2. The fourth-order valence-corrected chi connectivity index (χ4v) is 2.57. The molecule has 1 aliphatic heterocycles. The second-order valence-electron chi connectivity index (χ2n) is 5.79. The molecule has 0 aliphatic carbocycles. The van der Waals surface area contributed by atoms with Gasteiger partial charge in [-0.3, -0.25) is 0 Å². The molecule has 2 aromatic rings. The normalized spacial score (nSPS) is 19.1. The van der Waals surface area contributed by atoms with E-state index in [1.165, 1.54) is 0 Å². The summed E-state index contributed by atoms with van der Waals surface area (Å²) < 4.78 is 17.6. The van der Waals surface area contributed by atoms with Crippen LogP contribution >= 0.6 is 0 Å². The molecule has 0 unspecified atom stereocenters. The molecule has 6 nitrogen and oxygen atoms in total. The molecule has 1 fully saturated rings. The second-order valence-corrected chi connectivity index (χ2v) is 5.79. The maximum absolute atomic E-state index is 10.9. The van der Waals surface area contributed by atoms with Gasteiger partial charge in [0.05, 0.1) is 12.2 Å². The van der Waals surface area contributed by atoms with Gasteiger partial charge in [-0.05, 0) is 24.1 Å². The van der Waals surface area contributed by atoms with E-state index < -0.39 is 12.3 Å². The topological polar surface area (TPSA) is 82.8 Å². The predicted octanol–water partition coefficient (Wildman–Crippen LogP) is 3.39. The highest BCUT2D eigenvalue weighted by molar-refractivity contribution is 5.71. The van der Waals surface area contributed by atoms with Crippen LogP contribution in [0.4, 0.5) is 4.79 Å². The van der Waals surface area contributed by atoms with Gasteiger partial charge < -0.3 is 25.3 Å². The standard InChI is InChI=1S/C19H22N2O4/c1-2-10-23-16-9-8-13(12-21-19(20)22)11-15(16)18-24-17(25-18)14-6-4-3-5-7-14/h3-9,11,17-18H,2,10,12H2,1H3,(H3,20,21,22). The van der Waals surface area contributed by atoms with E-state index in [0.29, 0.717) is 13.2 Å². The van der Waals surface area contributed by atoms with Crippen LogP contribution < -0.4 is 15.8 Å². The number of carbonyl (C=O) groups excluding carboxylic acids is 1. The molecule has 132 valence electrons. The van der Waals surface area contributed by atoms with Gasteiger partial charge in [0.2, 0.25) is 0 Å². The lowest BCUT2D eigenvalue weighted by Gasteiger charge is -2.37. The molecule has 1 heterocycles. The molecule has 1 aliphatic rings. The van der Waals surface area contributed by atoms with Gasteiger partial charge in [-0.15, -0.1) is 0 Å². The van der Waals surface area contributed by atoms with E-state index in [1.807, 2.05) is 55.5 Å². The van der Waals surface area contributed by atoms with E-state index in [9.17, 15) is 4.79 Å². The van der Waals surface area contributed by atoms with Crippen molar-refractivity contribution in [2.75, 3.05) is 6.61 Å². The summed E-state index contributed by atoms with van der Waals surface area (Å²) in [4.78, 5) is 10.9. The molecule has 2 amide bonds. The number of amides is 2. The van der Waals surface area contributed by atoms with Gasteiger partial charge in [0, 0.05) is 12.1 Å². The van der Waals surface area contributed by atoms with Crippen LogP contribution in [0.5, 0.6) is 5.75 Å². The van der Waals surface area contributed by atoms with Gasteiger partial charge >= 0.3 is 6.03 Å². The summed E-state index contributed by atoms with van der Waals surface area (Å²) in [5.41, 5.74) is 7.81. The van der Waals surface area contributed by atoms with Crippen molar-refractivity contribution in [2.45, 2.75) is 32.5 Å². The van der Waals surface area contributed by atoms with Gasteiger partial charge in [-0.25, -0.2) is 4.79 Å². The maximum atomic E-state index is 10.9. The van der Waals surface area contributed by atoms with Crippen molar-refractivity contribution in [1.82, 2.24) is 5.32 Å². The molecule has 3 rings (SSSR count). The SMILES string of the molecule is CCCOc1ccc(CNC(N)=O)cc1C1OC(c2ccccc2)O1. The Bertz CT molecular complexity index is 715. The number of primary amides is 1. The predicted molar refractivity (Wildman–Crippen MR) is 92.7 cm³/mol. The van der Waals surface area contributed by atoms with Crippen molar-refractivity contribution in [3.05, 3.63) is 65.2 Å². The van der Waals surface area contributed by atoms with E-state index in [-0.39, 0.29) is 6.29 Å². The Morgan fingerprint density at radius 2 is 1.92 bits per heavy atom. The Kier molecular flexibility index (Phi) is 5.53. The minimum Gasteiger partial charge on any atom is -0.493 e. The molecule has 1 saturated heterocycles. The lowest BCUT2D eigenvalue weighted by Crippen LogP contribution is -2.29. The average Bonchev–Trinajstić information content (AvgIpc) is 2.58. The van der Waals surface area contributed by atoms with E-state index in [2.05, 4.69) is 5.32 Å². The van der Waals surface area contributed by atoms with Crippen LogP contribution in [-0.4, -0.2) is 12.6 Å². The van der Waals surface area contributed by atoms with Crippen LogP contribution in [0.3, 0.4) is 0 Å². The van der Waals surface area contributed by atoms with E-state index in [4.69, 9.17) is 19.9 Å². The first-order chi connectivity index (χ1) is 12.2. The molecule has 2 aromatic carbocycles. The van der Waals surface area contributed by atoms with Crippen LogP contribution in [0.15, 0.2) is 48.5 Å². The third kappa shape index (κ3) is 4.29. The van der Waals surface area contributed by atoms with Crippen molar-refractivity contribution >= 4 is 6.03 Å². The summed E-state index contributed by atoms with van der Waals surface area (Å²) in [6.07, 6.45) is 0.0342. The van der Waals surface area contributed by atoms with Crippen molar-refractivity contribution in [1.29, 1.82) is 0 Å². The van der Waals surface area contributed by atoms with Crippen molar-refractivity contribution in [3.8, 4) is 5.75 Å². The number of rotatable bonds is 7. The third-order valence-corrected chi connectivity index (χ3v) is 3.82. The summed E-state index contributed by atoms with van der Waals surface area (Å²) in [6, 6.07) is 14.9. The zero-order valence-corrected chi connectivity index (χ0v) is 14.1. The second kappa shape index (κ2) is 8.00. The summed E-state index contributed by atoms with van der Waals surface area (Å²) in [6.45, 7) is 3.00. The van der Waals surface area contributed by atoms with E-state index >= 15 is 0 Å². The van der Waals surface area contributed by atoms with Gasteiger partial charge in [-0.2, -0.15) is 0 Å². The minimum atomic E-state index is -0.562. The zero-order chi connectivity index (χ0) is 17.6. The Balaban J connectivity index is 1.73. The molecule has 3 N–H and O–H groups in total. The molecular weight excluding hydrogens is 320 g/mol. The van der Waals surface area contributed by atoms with Crippen molar-refractivity contribution in [2.24, 2.45) is 5.73 Å². The number of urea groups is 1. The number of nitrogens with one attached hydrogen (secondary N) is 1. The monoisotopic (exact) mass is 342 g/mol. The highest BCUT2D eigenvalue weighted by Crippen LogP contribution is 2.44. The number of hydrogen-bond acceptors (Lipinski definition) is 4. The summed E-state index contributed by atoms with van der Waals surface area (Å²) in [7, 11) is 0. The number of ether oxygens (including phenoxy) is 3. The number of carbonyl (C=O) groups is 1. The zero-order valence-electron chi connectivity index (χ0n) is 14.1. The van der Waals surface area contributed by atoms with Crippen molar-refractivity contribution < 1.29 is 19.0 Å². The van der Waals surface area contributed by atoms with Crippen LogP contribution in [-0.2, 0) is 16.0 Å². The summed E-state index contributed by atoms with van der Waals surface area (Å²) in [5.74, 6) is 0.723. The van der Waals surface area contributed by atoms with E-state index in [0.717, 1.165) is 28.9 Å². The van der Waals surface area contributed by atoms with Crippen molar-refractivity contribution in [3.63, 3.8) is 0 Å². The van der Waals surface area contributed by atoms with Gasteiger partial charge in [-0.1, -0.05) is 43.3 Å². The lowest BCUT2D eigenvalue weighted by atomic mass is 10.1. The van der Waals surface area contributed by atoms with Crippen LogP contribution in [0.2, 0.25) is 0 Å². The first-order valence-electron chi connectivity index (χ1n) is 8.32. The molecule has 0 aromatic heterocycles.